The fourth-order valence-corrected chi connectivity index (χ4v) is 4.30. The van der Waals surface area contributed by atoms with Crippen LogP contribution in [0.1, 0.15) is 15.9 Å². The minimum Gasteiger partial charge on any atom is -0.348 e. The van der Waals surface area contributed by atoms with E-state index in [1.165, 1.54) is 30.3 Å². The van der Waals surface area contributed by atoms with Gasteiger partial charge in [-0.25, -0.2) is 8.42 Å². The summed E-state index contributed by atoms with van der Waals surface area (Å²) in [5, 5.41) is 3.81. The lowest BCUT2D eigenvalue weighted by Crippen LogP contribution is -2.23. The molecule has 0 fully saturated rings. The van der Waals surface area contributed by atoms with Crippen LogP contribution in [0.4, 0.5) is 5.69 Å². The minimum atomic E-state index is -4.00. The first-order valence-corrected chi connectivity index (χ1v) is 11.0. The highest BCUT2D eigenvalue weighted by Gasteiger charge is 2.20. The quantitative estimate of drug-likeness (QED) is 0.509. The van der Waals surface area contributed by atoms with E-state index in [1.54, 1.807) is 36.4 Å². The molecule has 2 N–H and O–H groups in total. The highest BCUT2D eigenvalue weighted by molar-refractivity contribution is 7.92. The SMILES string of the molecule is O=C(NCc1ccc(Cl)cc1)c1ccc(Cl)c(S(=O)(=O)Nc2ccc(Cl)cc2)c1. The summed E-state index contributed by atoms with van der Waals surface area (Å²) in [7, 11) is -4.00. The molecule has 9 heteroatoms. The summed E-state index contributed by atoms with van der Waals surface area (Å²) in [5.74, 6) is -0.431. The molecule has 0 unspecified atom stereocenters. The Hall–Kier alpha value is -2.25. The van der Waals surface area contributed by atoms with Crippen molar-refractivity contribution in [1.29, 1.82) is 0 Å². The van der Waals surface area contributed by atoms with Gasteiger partial charge in [-0.1, -0.05) is 46.9 Å². The Bertz CT molecular complexity index is 1130. The van der Waals surface area contributed by atoms with Crippen LogP contribution in [0.5, 0.6) is 0 Å². The third kappa shape index (κ3) is 5.64. The van der Waals surface area contributed by atoms with Gasteiger partial charge in [-0.2, -0.15) is 0 Å². The second-order valence-corrected chi connectivity index (χ2v) is 9.00. The molecule has 0 aliphatic rings. The van der Waals surface area contributed by atoms with E-state index in [9.17, 15) is 13.2 Å². The van der Waals surface area contributed by atoms with Gasteiger partial charge in [0.25, 0.3) is 15.9 Å². The fraction of sp³-hybridized carbons (Fsp3) is 0.0500. The van der Waals surface area contributed by atoms with E-state index < -0.39 is 15.9 Å². The van der Waals surface area contributed by atoms with E-state index in [0.29, 0.717) is 15.7 Å². The number of rotatable bonds is 6. The van der Waals surface area contributed by atoms with Crippen molar-refractivity contribution < 1.29 is 13.2 Å². The number of amides is 1. The summed E-state index contributed by atoms with van der Waals surface area (Å²) in [6.07, 6.45) is 0. The maximum absolute atomic E-state index is 12.7. The molecular formula is C20H15Cl3N2O3S. The number of halogens is 3. The van der Waals surface area contributed by atoms with Crippen LogP contribution in [0.25, 0.3) is 0 Å². The molecule has 0 aliphatic carbocycles. The molecule has 0 saturated heterocycles. The van der Waals surface area contributed by atoms with E-state index in [2.05, 4.69) is 10.0 Å². The topological polar surface area (TPSA) is 75.3 Å². The van der Waals surface area contributed by atoms with Crippen LogP contribution >= 0.6 is 34.8 Å². The Morgan fingerprint density at radius 1 is 0.828 bits per heavy atom. The molecule has 0 saturated carbocycles. The molecule has 29 heavy (non-hydrogen) atoms. The molecule has 0 aliphatic heterocycles. The summed E-state index contributed by atoms with van der Waals surface area (Å²) in [4.78, 5) is 12.3. The Labute approximate surface area is 183 Å². The summed E-state index contributed by atoms with van der Waals surface area (Å²) >= 11 is 17.7. The van der Waals surface area contributed by atoms with Gasteiger partial charge < -0.3 is 5.32 Å². The number of hydrogen-bond donors (Lipinski definition) is 2. The molecule has 150 valence electrons. The first-order valence-electron chi connectivity index (χ1n) is 8.35. The molecular weight excluding hydrogens is 455 g/mol. The summed E-state index contributed by atoms with van der Waals surface area (Å²) < 4.78 is 27.9. The van der Waals surface area contributed by atoms with Gasteiger partial charge in [-0.05, 0) is 60.2 Å². The Morgan fingerprint density at radius 2 is 1.41 bits per heavy atom. The van der Waals surface area contributed by atoms with Crippen molar-refractivity contribution in [2.45, 2.75) is 11.4 Å². The largest absolute Gasteiger partial charge is 0.348 e. The number of anilines is 1. The zero-order valence-corrected chi connectivity index (χ0v) is 17.9. The number of hydrogen-bond acceptors (Lipinski definition) is 3. The van der Waals surface area contributed by atoms with Crippen LogP contribution in [-0.4, -0.2) is 14.3 Å². The molecule has 5 nitrogen and oxygen atoms in total. The van der Waals surface area contributed by atoms with Gasteiger partial charge in [0.05, 0.1) is 5.02 Å². The number of carbonyl (C=O) groups is 1. The second-order valence-electron chi connectivity index (χ2n) is 6.07. The maximum Gasteiger partial charge on any atom is 0.263 e. The van der Waals surface area contributed by atoms with E-state index in [1.807, 2.05) is 0 Å². The van der Waals surface area contributed by atoms with Crippen molar-refractivity contribution in [2.75, 3.05) is 4.72 Å². The molecule has 0 heterocycles. The molecule has 3 aromatic carbocycles. The zero-order valence-electron chi connectivity index (χ0n) is 14.8. The Balaban J connectivity index is 1.78. The highest BCUT2D eigenvalue weighted by atomic mass is 35.5. The smallest absolute Gasteiger partial charge is 0.263 e. The second kappa shape index (κ2) is 9.05. The molecule has 0 spiro atoms. The van der Waals surface area contributed by atoms with Crippen LogP contribution in [0.15, 0.2) is 71.6 Å². The van der Waals surface area contributed by atoms with Gasteiger partial charge in [-0.15, -0.1) is 0 Å². The molecule has 3 rings (SSSR count). The van der Waals surface area contributed by atoms with Crippen LogP contribution in [0, 0.1) is 0 Å². The molecule has 0 radical (unpaired) electrons. The van der Waals surface area contributed by atoms with Crippen molar-refractivity contribution in [3.05, 3.63) is 92.9 Å². The fourth-order valence-electron chi connectivity index (χ4n) is 2.47. The first-order chi connectivity index (χ1) is 13.7. The average molecular weight is 470 g/mol. The normalized spacial score (nSPS) is 11.1. The standard InChI is InChI=1S/C20H15Cl3N2O3S/c21-15-4-1-13(2-5-15)12-24-20(26)14-3-10-18(23)19(11-14)29(27,28)25-17-8-6-16(22)7-9-17/h1-11,25H,12H2,(H,24,26). The van der Waals surface area contributed by atoms with Gasteiger partial charge in [0.15, 0.2) is 0 Å². The minimum absolute atomic E-state index is 0.000662. The highest BCUT2D eigenvalue weighted by Crippen LogP contribution is 2.25. The van der Waals surface area contributed by atoms with Crippen molar-refractivity contribution in [3.8, 4) is 0 Å². The molecule has 3 aromatic rings. The zero-order chi connectivity index (χ0) is 21.0. The third-order valence-electron chi connectivity index (χ3n) is 3.95. The van der Waals surface area contributed by atoms with Gasteiger partial charge in [0.2, 0.25) is 0 Å². The van der Waals surface area contributed by atoms with Gasteiger partial charge in [0.1, 0.15) is 4.90 Å². The lowest BCUT2D eigenvalue weighted by molar-refractivity contribution is 0.0950. The van der Waals surface area contributed by atoms with E-state index in [-0.39, 0.29) is 22.0 Å². The van der Waals surface area contributed by atoms with Gasteiger partial charge >= 0.3 is 0 Å². The van der Waals surface area contributed by atoms with Crippen LogP contribution in [-0.2, 0) is 16.6 Å². The summed E-state index contributed by atoms with van der Waals surface area (Å²) in [5.41, 5.74) is 1.34. The van der Waals surface area contributed by atoms with Crippen molar-refractivity contribution >= 4 is 56.4 Å². The van der Waals surface area contributed by atoms with Crippen molar-refractivity contribution in [1.82, 2.24) is 5.32 Å². The third-order valence-corrected chi connectivity index (χ3v) is 6.31. The van der Waals surface area contributed by atoms with Crippen molar-refractivity contribution in [2.24, 2.45) is 0 Å². The van der Waals surface area contributed by atoms with Crippen LogP contribution in [0.3, 0.4) is 0 Å². The molecule has 0 aromatic heterocycles. The van der Waals surface area contributed by atoms with Gasteiger partial charge in [-0.3, -0.25) is 9.52 Å². The number of benzene rings is 3. The summed E-state index contributed by atoms with van der Waals surface area (Å²) in [6.45, 7) is 0.268. The van der Waals surface area contributed by atoms with Crippen molar-refractivity contribution in [3.63, 3.8) is 0 Å². The lowest BCUT2D eigenvalue weighted by Gasteiger charge is -2.11. The number of nitrogens with one attached hydrogen (secondary N) is 2. The number of carbonyl (C=O) groups excluding carboxylic acids is 1. The molecule has 0 atom stereocenters. The Morgan fingerprint density at radius 3 is 2.03 bits per heavy atom. The first kappa shape index (κ1) is 21.5. The van der Waals surface area contributed by atoms with E-state index >= 15 is 0 Å². The average Bonchev–Trinajstić information content (AvgIpc) is 2.69. The van der Waals surface area contributed by atoms with Crippen LogP contribution < -0.4 is 10.0 Å². The number of sulfonamides is 1. The molecule has 1 amide bonds. The van der Waals surface area contributed by atoms with Crippen LogP contribution in [0.2, 0.25) is 15.1 Å². The monoisotopic (exact) mass is 468 g/mol. The van der Waals surface area contributed by atoms with E-state index in [4.69, 9.17) is 34.8 Å². The van der Waals surface area contributed by atoms with Gasteiger partial charge in [0, 0.05) is 27.8 Å². The molecule has 0 bridgehead atoms. The summed E-state index contributed by atoms with van der Waals surface area (Å²) in [6, 6.07) is 17.2. The lowest BCUT2D eigenvalue weighted by atomic mass is 10.2. The predicted molar refractivity (Wildman–Crippen MR) is 116 cm³/mol. The Kier molecular flexibility index (Phi) is 6.70. The predicted octanol–water partition coefficient (Wildman–Crippen LogP) is 5.38. The van der Waals surface area contributed by atoms with E-state index in [0.717, 1.165) is 5.56 Å². The maximum atomic E-state index is 12.7.